The summed E-state index contributed by atoms with van der Waals surface area (Å²) in [6, 6.07) is 6.97. The van der Waals surface area contributed by atoms with Gasteiger partial charge in [-0.1, -0.05) is 85.1 Å². The van der Waals surface area contributed by atoms with Gasteiger partial charge in [-0.3, -0.25) is 4.79 Å². The maximum absolute atomic E-state index is 13.9. The van der Waals surface area contributed by atoms with E-state index in [0.717, 1.165) is 21.0 Å². The fraction of sp³-hybridized carbons (Fsp3) is 0.577. The van der Waals surface area contributed by atoms with Crippen LogP contribution in [0.1, 0.15) is 34.1 Å². The quantitative estimate of drug-likeness (QED) is 0.0567. The lowest BCUT2D eigenvalue weighted by Crippen LogP contribution is -2.68. The Hall–Kier alpha value is -0.463. The number of ether oxygens (including phenoxy) is 1. The molecule has 6 nitrogen and oxygen atoms in total. The number of hydrogen-bond donors (Lipinski definition) is 0. The average Bonchev–Trinajstić information content (AvgIpc) is 3.23. The molecule has 0 spiro atoms. The Morgan fingerprint density at radius 1 is 1.26 bits per heavy atom. The number of rotatable bonds is 12. The topological polar surface area (TPSA) is 68.7 Å². The molecule has 1 saturated heterocycles. The van der Waals surface area contributed by atoms with Crippen LogP contribution in [-0.2, 0) is 18.8 Å². The van der Waals surface area contributed by atoms with Crippen LogP contribution in [0.2, 0.25) is 13.1 Å². The summed E-state index contributed by atoms with van der Waals surface area (Å²) >= 11 is 19.0. The van der Waals surface area contributed by atoms with Crippen molar-refractivity contribution in [2.75, 3.05) is 13.2 Å². The first kappa shape index (κ1) is 33.0. The number of aromatic nitrogens is 1. The van der Waals surface area contributed by atoms with E-state index in [1.165, 1.54) is 21.6 Å². The van der Waals surface area contributed by atoms with Crippen LogP contribution >= 0.6 is 67.7 Å². The number of esters is 1. The molecule has 13 heteroatoms. The summed E-state index contributed by atoms with van der Waals surface area (Å²) in [5.74, 6) is -1.09. The van der Waals surface area contributed by atoms with Gasteiger partial charge in [0.05, 0.1) is 16.1 Å². The number of halogens is 3. The van der Waals surface area contributed by atoms with Crippen molar-refractivity contribution in [3.05, 3.63) is 36.4 Å². The molecule has 0 N–H and O–H groups in total. The van der Waals surface area contributed by atoms with Gasteiger partial charge in [0.15, 0.2) is 10.4 Å². The Balaban J connectivity index is 1.91. The van der Waals surface area contributed by atoms with Crippen molar-refractivity contribution in [1.29, 1.82) is 0 Å². The van der Waals surface area contributed by atoms with Crippen LogP contribution in [0.5, 0.6) is 0 Å². The number of β-lactam (4-membered cyclic amide) rings is 1. The third kappa shape index (κ3) is 8.77. The Morgan fingerprint density at radius 3 is 2.49 bits per heavy atom. The van der Waals surface area contributed by atoms with Gasteiger partial charge in [-0.05, 0) is 66.3 Å². The van der Waals surface area contributed by atoms with Crippen molar-refractivity contribution in [3.63, 3.8) is 0 Å². The average molecular weight is 669 g/mol. The smallest absolute Gasteiger partial charge is 0.333 e. The number of fused-ring (bicyclic) bond motifs is 1. The molecule has 1 aromatic heterocycles. The minimum absolute atomic E-state index is 0.0269. The van der Waals surface area contributed by atoms with E-state index in [1.807, 2.05) is 24.3 Å². The molecule has 3 rings (SSSR count). The lowest BCUT2D eigenvalue weighted by atomic mass is 9.68. The predicted molar refractivity (Wildman–Crippen MR) is 168 cm³/mol. The van der Waals surface area contributed by atoms with Crippen molar-refractivity contribution in [2.45, 2.75) is 66.8 Å². The third-order valence-corrected chi connectivity index (χ3v) is 11.5. The number of para-hydroxylation sites is 1. The van der Waals surface area contributed by atoms with E-state index >= 15 is 0 Å². The van der Waals surface area contributed by atoms with Crippen molar-refractivity contribution in [3.8, 4) is 0 Å². The van der Waals surface area contributed by atoms with Crippen LogP contribution < -0.4 is 0 Å². The summed E-state index contributed by atoms with van der Waals surface area (Å²) in [4.78, 5) is 33.4. The number of benzene rings is 1. The molecular formula is C26H34Cl3N2O4S3Si. The third-order valence-electron chi connectivity index (χ3n) is 6.33. The summed E-state index contributed by atoms with van der Waals surface area (Å²) < 4.78 is 11.5. The van der Waals surface area contributed by atoms with E-state index < -0.39 is 31.5 Å². The van der Waals surface area contributed by atoms with Crippen LogP contribution in [0.3, 0.4) is 0 Å². The second kappa shape index (κ2) is 13.7. The highest BCUT2D eigenvalue weighted by atomic mass is 35.6. The van der Waals surface area contributed by atoms with Crippen molar-refractivity contribution in [1.82, 2.24) is 9.88 Å². The maximum atomic E-state index is 13.9. The second-order valence-electron chi connectivity index (χ2n) is 10.8. The van der Waals surface area contributed by atoms with E-state index in [9.17, 15) is 9.59 Å². The molecule has 39 heavy (non-hydrogen) atoms. The summed E-state index contributed by atoms with van der Waals surface area (Å²) in [5, 5.41) is -0.325. The van der Waals surface area contributed by atoms with Gasteiger partial charge >= 0.3 is 5.97 Å². The second-order valence-corrected chi connectivity index (χ2v) is 19.0. The SMILES string of the molecule is C=C(C)C(C(=O)OCC(Cl)(Cl)Cl)N1C(=O)[C@@H](C(CCO[Si](C)C)C(C)(C)C)[C@H]1SSc1nc2ccccc2s1. The summed E-state index contributed by atoms with van der Waals surface area (Å²) in [6.07, 6.45) is 0.738. The van der Waals surface area contributed by atoms with Crippen LogP contribution in [0.4, 0.5) is 0 Å². The predicted octanol–water partition coefficient (Wildman–Crippen LogP) is 8.00. The number of carbonyl (C=O) groups excluding carboxylic acids is 2. The number of amides is 1. The molecule has 1 radical (unpaired) electrons. The zero-order chi connectivity index (χ0) is 29.1. The standard InChI is InChI=1S/C26H34Cl3N2O4S3Si/c1-15(2)20(23(33)34-14-26(27,28)29)31-21(32)19(16(25(3,4)5)12-13-35-39(6)7)22(31)37-38-24-30-17-10-8-9-11-18(17)36-24/h8-11,16,19-20,22H,1,12-14H2,2-7H3/t16?,19-,20?,22-/m1/s1. The van der Waals surface area contributed by atoms with E-state index in [4.69, 9.17) is 48.9 Å². The number of nitrogens with zero attached hydrogens (tertiary/aromatic N) is 2. The summed E-state index contributed by atoms with van der Waals surface area (Å²) in [7, 11) is 2.19. The van der Waals surface area contributed by atoms with Gasteiger partial charge in [-0.15, -0.1) is 11.3 Å². The highest BCUT2D eigenvalue weighted by Gasteiger charge is 2.57. The lowest BCUT2D eigenvalue weighted by Gasteiger charge is -2.54. The molecular weight excluding hydrogens is 635 g/mol. The minimum atomic E-state index is -1.76. The monoisotopic (exact) mass is 667 g/mol. The molecule has 2 heterocycles. The fourth-order valence-electron chi connectivity index (χ4n) is 4.56. The maximum Gasteiger partial charge on any atom is 0.333 e. The summed E-state index contributed by atoms with van der Waals surface area (Å²) in [6.45, 7) is 16.5. The number of hydrogen-bond acceptors (Lipinski definition) is 8. The van der Waals surface area contributed by atoms with Gasteiger partial charge in [-0.25, -0.2) is 9.78 Å². The van der Waals surface area contributed by atoms with Gasteiger partial charge in [-0.2, -0.15) is 0 Å². The van der Waals surface area contributed by atoms with Crippen LogP contribution in [0.25, 0.3) is 10.2 Å². The van der Waals surface area contributed by atoms with Crippen LogP contribution in [0.15, 0.2) is 40.8 Å². The zero-order valence-electron chi connectivity index (χ0n) is 22.8. The summed E-state index contributed by atoms with van der Waals surface area (Å²) in [5.41, 5.74) is 1.24. The highest BCUT2D eigenvalue weighted by Crippen LogP contribution is 2.53. The Kier molecular flexibility index (Phi) is 11.6. The zero-order valence-corrected chi connectivity index (χ0v) is 28.6. The fourth-order valence-corrected chi connectivity index (χ4v) is 9.37. The van der Waals surface area contributed by atoms with E-state index in [0.29, 0.717) is 12.2 Å². The van der Waals surface area contributed by atoms with Crippen molar-refractivity contribution >= 4 is 98.9 Å². The first-order chi connectivity index (χ1) is 18.1. The van der Waals surface area contributed by atoms with E-state index in [1.54, 1.807) is 23.2 Å². The molecule has 1 aromatic carbocycles. The molecule has 0 bridgehead atoms. The highest BCUT2D eigenvalue weighted by molar-refractivity contribution is 8.77. The molecule has 2 unspecified atom stereocenters. The Labute approximate surface area is 259 Å². The molecule has 0 saturated carbocycles. The van der Waals surface area contributed by atoms with Gasteiger partial charge in [0, 0.05) is 6.61 Å². The van der Waals surface area contributed by atoms with E-state index in [-0.39, 0.29) is 28.5 Å². The van der Waals surface area contributed by atoms with E-state index in [2.05, 4.69) is 40.4 Å². The van der Waals surface area contributed by atoms with Gasteiger partial charge in [0.1, 0.15) is 12.0 Å². The first-order valence-corrected chi connectivity index (χ1v) is 19.0. The normalized spacial score (nSPS) is 19.7. The van der Waals surface area contributed by atoms with Gasteiger partial charge in [0.2, 0.25) is 18.7 Å². The first-order valence-electron chi connectivity index (χ1n) is 12.4. The Bertz CT molecular complexity index is 1150. The van der Waals surface area contributed by atoms with Crippen LogP contribution in [0, 0.1) is 17.3 Å². The number of thiazole rings is 1. The Morgan fingerprint density at radius 2 is 1.92 bits per heavy atom. The minimum Gasteiger partial charge on any atom is -0.459 e. The number of likely N-dealkylation sites (tertiary alicyclic amines) is 1. The molecule has 2 aromatic rings. The van der Waals surface area contributed by atoms with Gasteiger partial charge < -0.3 is 14.1 Å². The van der Waals surface area contributed by atoms with Crippen molar-refractivity contribution < 1.29 is 18.8 Å². The number of alkyl halides is 3. The molecule has 1 amide bonds. The number of carbonyl (C=O) groups is 2. The largest absolute Gasteiger partial charge is 0.459 e. The van der Waals surface area contributed by atoms with Crippen molar-refractivity contribution in [2.24, 2.45) is 17.3 Å². The molecule has 1 aliphatic heterocycles. The lowest BCUT2D eigenvalue weighted by molar-refractivity contribution is -0.170. The van der Waals surface area contributed by atoms with Crippen LogP contribution in [-0.4, -0.2) is 59.2 Å². The molecule has 1 aliphatic rings. The van der Waals surface area contributed by atoms with Gasteiger partial charge in [0.25, 0.3) is 0 Å². The molecule has 0 aliphatic carbocycles. The molecule has 1 fully saturated rings. The molecule has 4 atom stereocenters. The molecule has 215 valence electrons.